The van der Waals surface area contributed by atoms with Gasteiger partial charge in [0, 0.05) is 23.5 Å². The number of pyridine rings is 1. The summed E-state index contributed by atoms with van der Waals surface area (Å²) in [4.78, 5) is 16.5. The van der Waals surface area contributed by atoms with E-state index in [2.05, 4.69) is 10.3 Å². The van der Waals surface area contributed by atoms with E-state index in [0.717, 1.165) is 0 Å². The standard InChI is InChI=1S/C19H12ClFN2O3/c20-14-2-1-7-22-18(14)11-3-5-13(15(21)8-11)19(24)23-12-4-6-16-17(9-12)26-10-25-16/h1-9H,10H2,(H,23,24). The summed E-state index contributed by atoms with van der Waals surface area (Å²) in [6.07, 6.45) is 1.57. The molecule has 2 aromatic carbocycles. The van der Waals surface area contributed by atoms with Gasteiger partial charge in [-0.25, -0.2) is 4.39 Å². The fraction of sp³-hybridized carbons (Fsp3) is 0.0526. The van der Waals surface area contributed by atoms with E-state index in [-0.39, 0.29) is 12.4 Å². The van der Waals surface area contributed by atoms with Crippen LogP contribution < -0.4 is 14.8 Å². The van der Waals surface area contributed by atoms with Gasteiger partial charge in [-0.15, -0.1) is 0 Å². The van der Waals surface area contributed by atoms with E-state index in [4.69, 9.17) is 21.1 Å². The van der Waals surface area contributed by atoms with Crippen LogP contribution in [0, 0.1) is 5.82 Å². The Hall–Kier alpha value is -3.12. The topological polar surface area (TPSA) is 60.5 Å². The van der Waals surface area contributed by atoms with Gasteiger partial charge in [-0.1, -0.05) is 17.7 Å². The van der Waals surface area contributed by atoms with Crippen molar-refractivity contribution in [2.75, 3.05) is 12.1 Å². The Morgan fingerprint density at radius 2 is 1.96 bits per heavy atom. The lowest BCUT2D eigenvalue weighted by Crippen LogP contribution is -2.13. The molecule has 1 aliphatic rings. The van der Waals surface area contributed by atoms with Gasteiger partial charge in [0.25, 0.3) is 5.91 Å². The van der Waals surface area contributed by atoms with Crippen molar-refractivity contribution in [3.05, 3.63) is 71.1 Å². The number of nitrogens with zero attached hydrogens (tertiary/aromatic N) is 1. The van der Waals surface area contributed by atoms with Crippen molar-refractivity contribution in [3.8, 4) is 22.8 Å². The van der Waals surface area contributed by atoms with Gasteiger partial charge in [-0.2, -0.15) is 0 Å². The number of rotatable bonds is 3. The fourth-order valence-electron chi connectivity index (χ4n) is 2.62. The van der Waals surface area contributed by atoms with Crippen molar-refractivity contribution in [2.24, 2.45) is 0 Å². The lowest BCUT2D eigenvalue weighted by molar-refractivity contribution is 0.102. The number of amides is 1. The molecule has 7 heteroatoms. The quantitative estimate of drug-likeness (QED) is 0.736. The van der Waals surface area contributed by atoms with Gasteiger partial charge in [0.1, 0.15) is 5.82 Å². The number of halogens is 2. The summed E-state index contributed by atoms with van der Waals surface area (Å²) >= 11 is 6.08. The highest BCUT2D eigenvalue weighted by Gasteiger charge is 2.17. The molecule has 130 valence electrons. The fourth-order valence-corrected chi connectivity index (χ4v) is 2.85. The highest BCUT2D eigenvalue weighted by atomic mass is 35.5. The molecule has 1 aliphatic heterocycles. The summed E-state index contributed by atoms with van der Waals surface area (Å²) in [6, 6.07) is 12.6. The largest absolute Gasteiger partial charge is 0.454 e. The van der Waals surface area contributed by atoms with Crippen LogP contribution in [0.15, 0.2) is 54.7 Å². The molecule has 0 atom stereocenters. The van der Waals surface area contributed by atoms with Crippen molar-refractivity contribution in [1.29, 1.82) is 0 Å². The van der Waals surface area contributed by atoms with E-state index in [1.807, 2.05) is 0 Å². The minimum Gasteiger partial charge on any atom is -0.454 e. The van der Waals surface area contributed by atoms with Crippen molar-refractivity contribution >= 4 is 23.2 Å². The molecule has 0 spiro atoms. The number of fused-ring (bicyclic) bond motifs is 1. The Labute approximate surface area is 153 Å². The maximum Gasteiger partial charge on any atom is 0.258 e. The van der Waals surface area contributed by atoms with Gasteiger partial charge >= 0.3 is 0 Å². The van der Waals surface area contributed by atoms with Gasteiger partial charge in [0.05, 0.1) is 16.3 Å². The summed E-state index contributed by atoms with van der Waals surface area (Å²) in [5.41, 5.74) is 1.34. The third-order valence-corrected chi connectivity index (χ3v) is 4.18. The molecule has 26 heavy (non-hydrogen) atoms. The number of hydrogen-bond donors (Lipinski definition) is 1. The Bertz CT molecular complexity index is 1010. The van der Waals surface area contributed by atoms with Crippen molar-refractivity contribution in [2.45, 2.75) is 0 Å². The van der Waals surface area contributed by atoms with Crippen molar-refractivity contribution < 1.29 is 18.7 Å². The van der Waals surface area contributed by atoms with Crippen LogP contribution in [0.5, 0.6) is 11.5 Å². The number of hydrogen-bond acceptors (Lipinski definition) is 4. The Morgan fingerprint density at radius 1 is 1.12 bits per heavy atom. The van der Waals surface area contributed by atoms with E-state index >= 15 is 0 Å². The third-order valence-electron chi connectivity index (χ3n) is 3.88. The molecule has 0 aliphatic carbocycles. The number of anilines is 1. The molecule has 2 heterocycles. The Kier molecular flexibility index (Phi) is 4.18. The zero-order valence-corrected chi connectivity index (χ0v) is 14.1. The molecular formula is C19H12ClFN2O3. The number of carbonyl (C=O) groups excluding carboxylic acids is 1. The first-order valence-electron chi connectivity index (χ1n) is 7.73. The Morgan fingerprint density at radius 3 is 2.77 bits per heavy atom. The lowest BCUT2D eigenvalue weighted by atomic mass is 10.1. The summed E-state index contributed by atoms with van der Waals surface area (Å²) in [5, 5.41) is 3.05. The van der Waals surface area contributed by atoms with Crippen LogP contribution >= 0.6 is 11.6 Å². The first-order valence-corrected chi connectivity index (χ1v) is 8.11. The van der Waals surface area contributed by atoms with Crippen LogP contribution in [-0.4, -0.2) is 17.7 Å². The normalized spacial score (nSPS) is 12.1. The van der Waals surface area contributed by atoms with Crippen LogP contribution in [0.2, 0.25) is 5.02 Å². The van der Waals surface area contributed by atoms with Crippen LogP contribution in [0.1, 0.15) is 10.4 Å². The molecule has 0 fully saturated rings. The molecule has 1 aromatic heterocycles. The maximum absolute atomic E-state index is 14.5. The maximum atomic E-state index is 14.5. The second-order valence-corrected chi connectivity index (χ2v) is 5.96. The van der Waals surface area contributed by atoms with E-state index in [0.29, 0.717) is 33.5 Å². The number of ether oxygens (including phenoxy) is 2. The predicted molar refractivity (Wildman–Crippen MR) is 95.2 cm³/mol. The molecule has 5 nitrogen and oxygen atoms in total. The number of carbonyl (C=O) groups is 1. The van der Waals surface area contributed by atoms with E-state index in [1.54, 1.807) is 42.6 Å². The molecule has 0 saturated carbocycles. The molecule has 4 rings (SSSR count). The van der Waals surface area contributed by atoms with Crippen molar-refractivity contribution in [1.82, 2.24) is 4.98 Å². The second kappa shape index (κ2) is 6.65. The van der Waals surface area contributed by atoms with Gasteiger partial charge in [0.2, 0.25) is 6.79 Å². The SMILES string of the molecule is O=C(Nc1ccc2c(c1)OCO2)c1ccc(-c2ncccc2Cl)cc1F. The van der Waals surface area contributed by atoms with E-state index in [9.17, 15) is 9.18 Å². The zero-order valence-electron chi connectivity index (χ0n) is 13.3. The minimum absolute atomic E-state index is 0.0847. The molecule has 3 aromatic rings. The average molecular weight is 371 g/mol. The van der Waals surface area contributed by atoms with Gasteiger partial charge < -0.3 is 14.8 Å². The molecule has 0 saturated heterocycles. The number of benzene rings is 2. The zero-order chi connectivity index (χ0) is 18.1. The smallest absolute Gasteiger partial charge is 0.258 e. The second-order valence-electron chi connectivity index (χ2n) is 5.55. The molecule has 0 radical (unpaired) electrons. The van der Waals surface area contributed by atoms with E-state index < -0.39 is 11.7 Å². The monoisotopic (exact) mass is 370 g/mol. The van der Waals surface area contributed by atoms with Gasteiger partial charge in [-0.05, 0) is 36.4 Å². The predicted octanol–water partition coefficient (Wildman–Crippen LogP) is 4.52. The summed E-state index contributed by atoms with van der Waals surface area (Å²) in [7, 11) is 0. The number of aromatic nitrogens is 1. The van der Waals surface area contributed by atoms with Crippen LogP contribution in [-0.2, 0) is 0 Å². The molecule has 0 bridgehead atoms. The third kappa shape index (κ3) is 3.07. The summed E-state index contributed by atoms with van der Waals surface area (Å²) in [6.45, 7) is 0.138. The first kappa shape index (κ1) is 16.4. The van der Waals surface area contributed by atoms with Crippen LogP contribution in [0.3, 0.4) is 0 Å². The Balaban J connectivity index is 1.58. The molecular weight excluding hydrogens is 359 g/mol. The first-order chi connectivity index (χ1) is 12.6. The molecule has 0 unspecified atom stereocenters. The average Bonchev–Trinajstić information content (AvgIpc) is 3.09. The summed E-state index contributed by atoms with van der Waals surface area (Å²) in [5.74, 6) is -0.100. The van der Waals surface area contributed by atoms with Crippen molar-refractivity contribution in [3.63, 3.8) is 0 Å². The molecule has 1 amide bonds. The highest BCUT2D eigenvalue weighted by molar-refractivity contribution is 6.33. The highest BCUT2D eigenvalue weighted by Crippen LogP contribution is 2.34. The van der Waals surface area contributed by atoms with Crippen LogP contribution in [0.4, 0.5) is 10.1 Å². The van der Waals surface area contributed by atoms with Crippen LogP contribution in [0.25, 0.3) is 11.3 Å². The summed E-state index contributed by atoms with van der Waals surface area (Å²) < 4.78 is 24.9. The molecule has 1 N–H and O–H groups in total. The minimum atomic E-state index is -0.664. The number of nitrogens with one attached hydrogen (secondary N) is 1. The van der Waals surface area contributed by atoms with Gasteiger partial charge in [0.15, 0.2) is 11.5 Å². The van der Waals surface area contributed by atoms with Gasteiger partial charge in [-0.3, -0.25) is 9.78 Å². The lowest BCUT2D eigenvalue weighted by Gasteiger charge is -2.09. The van der Waals surface area contributed by atoms with E-state index in [1.165, 1.54) is 12.1 Å².